The third-order valence-electron chi connectivity index (χ3n) is 5.81. The Hall–Kier alpha value is -2.78. The van der Waals surface area contributed by atoms with Crippen molar-refractivity contribution in [1.29, 1.82) is 0 Å². The lowest BCUT2D eigenvalue weighted by molar-refractivity contribution is -0.126. The van der Waals surface area contributed by atoms with Gasteiger partial charge in [0.15, 0.2) is 0 Å². The highest BCUT2D eigenvalue weighted by Gasteiger charge is 2.33. The first kappa shape index (κ1) is 24.9. The Morgan fingerprint density at radius 1 is 1.12 bits per heavy atom. The molecular weight excluding hydrogens is 444 g/mol. The lowest BCUT2D eigenvalue weighted by Crippen LogP contribution is -2.45. The highest BCUT2D eigenvalue weighted by Crippen LogP contribution is 2.29. The smallest absolute Gasteiger partial charge is 0.243 e. The maximum Gasteiger partial charge on any atom is 0.243 e. The van der Waals surface area contributed by atoms with Gasteiger partial charge in [0.1, 0.15) is 17.2 Å². The summed E-state index contributed by atoms with van der Waals surface area (Å²) in [6.07, 6.45) is 1.24. The van der Waals surface area contributed by atoms with E-state index in [2.05, 4.69) is 5.32 Å². The van der Waals surface area contributed by atoms with Crippen molar-refractivity contribution in [2.75, 3.05) is 33.9 Å². The molecule has 1 heterocycles. The number of nitrogens with zero attached hydrogens (tertiary/aromatic N) is 1. The van der Waals surface area contributed by atoms with Crippen molar-refractivity contribution in [3.8, 4) is 17.2 Å². The second-order valence-corrected chi connectivity index (χ2v) is 9.86. The van der Waals surface area contributed by atoms with Crippen LogP contribution in [0.4, 0.5) is 0 Å². The Labute approximate surface area is 195 Å². The average Bonchev–Trinajstić information content (AvgIpc) is 2.83. The minimum absolute atomic E-state index is 0.142. The summed E-state index contributed by atoms with van der Waals surface area (Å²) in [5.74, 6) is 1.28. The van der Waals surface area contributed by atoms with Crippen LogP contribution in [0.5, 0.6) is 17.2 Å². The van der Waals surface area contributed by atoms with Crippen LogP contribution in [0, 0.1) is 12.8 Å². The number of ether oxygens (including phenoxy) is 3. The highest BCUT2D eigenvalue weighted by atomic mass is 32.2. The molecule has 0 radical (unpaired) electrons. The SMILES string of the molecule is CCOc1ccc(S(=O)(=O)N2CCC[C@H](C(=O)NCc3c(OC)cccc3OC)C2)cc1C. The Kier molecular flexibility index (Phi) is 8.20. The second kappa shape index (κ2) is 10.9. The molecule has 180 valence electrons. The Balaban J connectivity index is 1.70. The van der Waals surface area contributed by atoms with Gasteiger partial charge in [-0.05, 0) is 62.6 Å². The number of carbonyl (C=O) groups excluding carboxylic acids is 1. The fraction of sp³-hybridized carbons (Fsp3) is 0.458. The van der Waals surface area contributed by atoms with Gasteiger partial charge < -0.3 is 19.5 Å². The third-order valence-corrected chi connectivity index (χ3v) is 7.67. The molecule has 3 rings (SSSR count). The van der Waals surface area contributed by atoms with Crippen LogP contribution in [0.3, 0.4) is 0 Å². The van der Waals surface area contributed by atoms with E-state index in [4.69, 9.17) is 14.2 Å². The molecule has 2 aromatic carbocycles. The van der Waals surface area contributed by atoms with Crippen LogP contribution in [0.15, 0.2) is 41.3 Å². The largest absolute Gasteiger partial charge is 0.496 e. The van der Waals surface area contributed by atoms with Crippen LogP contribution in [-0.4, -0.2) is 52.5 Å². The fourth-order valence-corrected chi connectivity index (χ4v) is 5.66. The molecule has 33 heavy (non-hydrogen) atoms. The summed E-state index contributed by atoms with van der Waals surface area (Å²) in [4.78, 5) is 13.1. The van der Waals surface area contributed by atoms with Crippen LogP contribution in [0.1, 0.15) is 30.9 Å². The van der Waals surface area contributed by atoms with Crippen LogP contribution in [-0.2, 0) is 21.4 Å². The predicted molar refractivity (Wildman–Crippen MR) is 125 cm³/mol. The summed E-state index contributed by atoms with van der Waals surface area (Å²) in [6, 6.07) is 10.3. The summed E-state index contributed by atoms with van der Waals surface area (Å²) < 4.78 is 44.2. The van der Waals surface area contributed by atoms with Crippen molar-refractivity contribution in [3.63, 3.8) is 0 Å². The zero-order valence-electron chi connectivity index (χ0n) is 19.6. The van der Waals surface area contributed by atoms with Crippen molar-refractivity contribution >= 4 is 15.9 Å². The lowest BCUT2D eigenvalue weighted by Gasteiger charge is -2.31. The number of benzene rings is 2. The minimum Gasteiger partial charge on any atom is -0.496 e. The topological polar surface area (TPSA) is 94.2 Å². The van der Waals surface area contributed by atoms with Crippen LogP contribution in [0.25, 0.3) is 0 Å². The molecule has 2 aromatic rings. The normalized spacial score (nSPS) is 16.8. The average molecular weight is 477 g/mol. The van der Waals surface area contributed by atoms with E-state index in [0.29, 0.717) is 43.2 Å². The molecule has 1 amide bonds. The molecule has 8 nitrogen and oxygen atoms in total. The maximum absolute atomic E-state index is 13.2. The first-order chi connectivity index (χ1) is 15.8. The first-order valence-electron chi connectivity index (χ1n) is 11.0. The number of aryl methyl sites for hydroxylation is 1. The lowest BCUT2D eigenvalue weighted by atomic mass is 9.98. The zero-order chi connectivity index (χ0) is 24.0. The van der Waals surface area contributed by atoms with E-state index in [1.165, 1.54) is 4.31 Å². The van der Waals surface area contributed by atoms with E-state index < -0.39 is 15.9 Å². The number of piperidine rings is 1. The fourth-order valence-electron chi connectivity index (χ4n) is 4.05. The molecule has 1 saturated heterocycles. The monoisotopic (exact) mass is 476 g/mol. The molecule has 0 aromatic heterocycles. The maximum atomic E-state index is 13.2. The van der Waals surface area contributed by atoms with Gasteiger partial charge in [-0.2, -0.15) is 4.31 Å². The van der Waals surface area contributed by atoms with Crippen LogP contribution in [0.2, 0.25) is 0 Å². The summed E-state index contributed by atoms with van der Waals surface area (Å²) in [7, 11) is -0.589. The number of sulfonamides is 1. The second-order valence-electron chi connectivity index (χ2n) is 7.92. The number of hydrogen-bond acceptors (Lipinski definition) is 6. The van der Waals surface area contributed by atoms with Crippen LogP contribution < -0.4 is 19.5 Å². The molecule has 0 spiro atoms. The number of hydrogen-bond donors (Lipinski definition) is 1. The predicted octanol–water partition coefficient (Wildman–Crippen LogP) is 3.13. The summed E-state index contributed by atoms with van der Waals surface area (Å²) in [5.41, 5.74) is 1.50. The summed E-state index contributed by atoms with van der Waals surface area (Å²) >= 11 is 0. The van der Waals surface area contributed by atoms with E-state index in [1.807, 2.05) is 19.9 Å². The quantitative estimate of drug-likeness (QED) is 0.598. The van der Waals surface area contributed by atoms with Gasteiger partial charge in [-0.3, -0.25) is 4.79 Å². The molecule has 0 unspecified atom stereocenters. The first-order valence-corrected chi connectivity index (χ1v) is 12.5. The molecule has 1 N–H and O–H groups in total. The van der Waals surface area contributed by atoms with Gasteiger partial charge >= 0.3 is 0 Å². The number of rotatable bonds is 9. The number of carbonyl (C=O) groups is 1. The minimum atomic E-state index is -3.71. The Bertz CT molecular complexity index is 1060. The molecule has 0 bridgehead atoms. The summed E-state index contributed by atoms with van der Waals surface area (Å²) in [6.45, 7) is 4.97. The van der Waals surface area contributed by atoms with Gasteiger partial charge in [0.05, 0.1) is 43.7 Å². The Morgan fingerprint density at radius 3 is 2.42 bits per heavy atom. The van der Waals surface area contributed by atoms with Gasteiger partial charge in [-0.15, -0.1) is 0 Å². The van der Waals surface area contributed by atoms with Crippen molar-refractivity contribution in [2.24, 2.45) is 5.92 Å². The number of amides is 1. The Morgan fingerprint density at radius 2 is 1.82 bits per heavy atom. The van der Waals surface area contributed by atoms with E-state index in [-0.39, 0.29) is 23.9 Å². The van der Waals surface area contributed by atoms with Gasteiger partial charge in [-0.1, -0.05) is 6.07 Å². The van der Waals surface area contributed by atoms with Crippen LogP contribution >= 0.6 is 0 Å². The molecule has 1 atom stereocenters. The zero-order valence-corrected chi connectivity index (χ0v) is 20.4. The van der Waals surface area contributed by atoms with Gasteiger partial charge in [0, 0.05) is 13.1 Å². The van der Waals surface area contributed by atoms with E-state index in [9.17, 15) is 13.2 Å². The molecular formula is C24H32N2O6S. The van der Waals surface area contributed by atoms with Gasteiger partial charge in [0.25, 0.3) is 0 Å². The van der Waals surface area contributed by atoms with Crippen molar-refractivity contribution in [1.82, 2.24) is 9.62 Å². The van der Waals surface area contributed by atoms with Crippen molar-refractivity contribution in [3.05, 3.63) is 47.5 Å². The van der Waals surface area contributed by atoms with E-state index in [0.717, 1.165) is 11.1 Å². The molecule has 1 fully saturated rings. The van der Waals surface area contributed by atoms with Gasteiger partial charge in [-0.25, -0.2) is 8.42 Å². The van der Waals surface area contributed by atoms with E-state index in [1.54, 1.807) is 44.6 Å². The molecule has 1 aliphatic heterocycles. The van der Waals surface area contributed by atoms with Crippen molar-refractivity contribution < 1.29 is 27.4 Å². The van der Waals surface area contributed by atoms with Crippen molar-refractivity contribution in [2.45, 2.75) is 38.1 Å². The number of methoxy groups -OCH3 is 2. The molecule has 0 saturated carbocycles. The van der Waals surface area contributed by atoms with E-state index >= 15 is 0 Å². The van der Waals surface area contributed by atoms with Gasteiger partial charge in [0.2, 0.25) is 15.9 Å². The number of nitrogens with one attached hydrogen (secondary N) is 1. The standard InChI is InChI=1S/C24H32N2O6S/c1-5-32-21-12-11-19(14-17(21)2)33(28,29)26-13-7-8-18(16-26)24(27)25-15-20-22(30-3)9-6-10-23(20)31-4/h6,9-12,14,18H,5,7-8,13,15-16H2,1-4H3,(H,25,27)/t18-/m0/s1. The molecule has 0 aliphatic carbocycles. The molecule has 1 aliphatic rings. The highest BCUT2D eigenvalue weighted by molar-refractivity contribution is 7.89. The third kappa shape index (κ3) is 5.59. The molecule has 9 heteroatoms. The summed E-state index contributed by atoms with van der Waals surface area (Å²) in [5, 5.41) is 2.92.